The van der Waals surface area contributed by atoms with Crippen LogP contribution in [0, 0.1) is 0 Å². The van der Waals surface area contributed by atoms with Gasteiger partial charge in [-0.1, -0.05) is 24.3 Å². The highest BCUT2D eigenvalue weighted by Crippen LogP contribution is 2.14. The van der Waals surface area contributed by atoms with E-state index in [1.54, 1.807) is 0 Å². The molecule has 1 aliphatic rings. The second-order valence-corrected chi connectivity index (χ2v) is 4.42. The van der Waals surface area contributed by atoms with Gasteiger partial charge in [0.15, 0.2) is 0 Å². The van der Waals surface area contributed by atoms with E-state index < -0.39 is 0 Å². The zero-order valence-corrected chi connectivity index (χ0v) is 11.2. The molecule has 2 rings (SSSR count). The van der Waals surface area contributed by atoms with Crippen molar-refractivity contribution < 1.29 is 9.84 Å². The minimum Gasteiger partial charge on any atom is -0.394 e. The minimum atomic E-state index is -0.278. The van der Waals surface area contributed by atoms with Gasteiger partial charge in [-0.3, -0.25) is 4.90 Å². The number of morpholine rings is 1. The molecular weight excluding hydrogens is 252 g/mol. The summed E-state index contributed by atoms with van der Waals surface area (Å²) in [7, 11) is 0. The predicted octanol–water partition coefficient (Wildman–Crippen LogP) is 0.933. The fraction of sp³-hybridized carbons (Fsp3) is 0.538. The van der Waals surface area contributed by atoms with Gasteiger partial charge < -0.3 is 15.6 Å². The highest BCUT2D eigenvalue weighted by molar-refractivity contribution is 5.85. The quantitative estimate of drug-likeness (QED) is 0.856. The van der Waals surface area contributed by atoms with Gasteiger partial charge in [-0.2, -0.15) is 0 Å². The lowest BCUT2D eigenvalue weighted by Crippen LogP contribution is -2.35. The van der Waals surface area contributed by atoms with Gasteiger partial charge in [0.2, 0.25) is 0 Å². The fourth-order valence-corrected chi connectivity index (χ4v) is 2.04. The lowest BCUT2D eigenvalue weighted by Gasteiger charge is -2.26. The average Bonchev–Trinajstić information content (AvgIpc) is 2.39. The summed E-state index contributed by atoms with van der Waals surface area (Å²) >= 11 is 0. The van der Waals surface area contributed by atoms with Crippen LogP contribution < -0.4 is 5.73 Å². The topological polar surface area (TPSA) is 58.7 Å². The van der Waals surface area contributed by atoms with Gasteiger partial charge in [0, 0.05) is 19.6 Å². The van der Waals surface area contributed by atoms with Crippen molar-refractivity contribution >= 4 is 12.4 Å². The molecule has 0 spiro atoms. The van der Waals surface area contributed by atoms with Crippen LogP contribution >= 0.6 is 12.4 Å². The van der Waals surface area contributed by atoms with E-state index in [1.165, 1.54) is 5.56 Å². The second-order valence-electron chi connectivity index (χ2n) is 4.42. The first kappa shape index (κ1) is 15.4. The van der Waals surface area contributed by atoms with Crippen molar-refractivity contribution in [2.45, 2.75) is 12.6 Å². The van der Waals surface area contributed by atoms with E-state index in [-0.39, 0.29) is 25.1 Å². The van der Waals surface area contributed by atoms with Crippen molar-refractivity contribution in [3.63, 3.8) is 0 Å². The van der Waals surface area contributed by atoms with Crippen molar-refractivity contribution in [2.75, 3.05) is 32.9 Å². The number of aliphatic hydroxyl groups is 1. The fourth-order valence-electron chi connectivity index (χ4n) is 2.04. The van der Waals surface area contributed by atoms with Crippen LogP contribution in [0.4, 0.5) is 0 Å². The van der Waals surface area contributed by atoms with E-state index in [0.29, 0.717) is 0 Å². The Bertz CT molecular complexity index is 357. The van der Waals surface area contributed by atoms with E-state index >= 15 is 0 Å². The summed E-state index contributed by atoms with van der Waals surface area (Å²) in [5.74, 6) is 0. The Kier molecular flexibility index (Phi) is 6.60. The molecule has 0 bridgehead atoms. The van der Waals surface area contributed by atoms with Crippen molar-refractivity contribution in [1.82, 2.24) is 4.90 Å². The SMILES string of the molecule is Cl.NC(CO)c1cccc(CN2CCOCC2)c1. The maximum Gasteiger partial charge on any atom is 0.0624 e. The normalized spacial score (nSPS) is 18.1. The zero-order valence-electron chi connectivity index (χ0n) is 10.4. The molecule has 1 aliphatic heterocycles. The Morgan fingerprint density at radius 3 is 2.72 bits per heavy atom. The molecule has 18 heavy (non-hydrogen) atoms. The number of nitrogens with two attached hydrogens (primary N) is 1. The number of rotatable bonds is 4. The molecule has 102 valence electrons. The molecule has 1 aromatic carbocycles. The van der Waals surface area contributed by atoms with Crippen LogP contribution in [0.1, 0.15) is 17.2 Å². The molecule has 1 unspecified atom stereocenters. The molecular formula is C13H21ClN2O2. The molecule has 0 aromatic heterocycles. The maximum atomic E-state index is 9.05. The molecule has 1 heterocycles. The number of nitrogens with zero attached hydrogens (tertiary/aromatic N) is 1. The summed E-state index contributed by atoms with van der Waals surface area (Å²) in [4.78, 5) is 2.37. The van der Waals surface area contributed by atoms with E-state index in [1.807, 2.05) is 12.1 Å². The first-order chi connectivity index (χ1) is 8.29. The largest absolute Gasteiger partial charge is 0.394 e. The smallest absolute Gasteiger partial charge is 0.0624 e. The molecule has 4 nitrogen and oxygen atoms in total. The van der Waals surface area contributed by atoms with Crippen LogP contribution in [0.2, 0.25) is 0 Å². The van der Waals surface area contributed by atoms with Gasteiger partial charge in [0.05, 0.1) is 25.9 Å². The van der Waals surface area contributed by atoms with E-state index in [0.717, 1.165) is 38.4 Å². The highest BCUT2D eigenvalue weighted by atomic mass is 35.5. The Hall–Kier alpha value is -0.650. The van der Waals surface area contributed by atoms with Crippen molar-refractivity contribution in [2.24, 2.45) is 5.73 Å². The van der Waals surface area contributed by atoms with Crippen molar-refractivity contribution in [1.29, 1.82) is 0 Å². The zero-order chi connectivity index (χ0) is 12.1. The Labute approximate surface area is 114 Å². The third-order valence-corrected chi connectivity index (χ3v) is 3.09. The summed E-state index contributed by atoms with van der Waals surface area (Å²) in [6.07, 6.45) is 0. The first-order valence-corrected chi connectivity index (χ1v) is 6.05. The molecule has 5 heteroatoms. The van der Waals surface area contributed by atoms with Gasteiger partial charge in [0.1, 0.15) is 0 Å². The average molecular weight is 273 g/mol. The molecule has 1 saturated heterocycles. The van der Waals surface area contributed by atoms with Crippen molar-refractivity contribution in [3.05, 3.63) is 35.4 Å². The number of aliphatic hydroxyl groups excluding tert-OH is 1. The second kappa shape index (κ2) is 7.71. The monoisotopic (exact) mass is 272 g/mol. The van der Waals surface area contributed by atoms with E-state index in [2.05, 4.69) is 17.0 Å². The van der Waals surface area contributed by atoms with Crippen LogP contribution in [0.5, 0.6) is 0 Å². The van der Waals surface area contributed by atoms with Crippen LogP contribution in [0.25, 0.3) is 0 Å². The molecule has 1 atom stereocenters. The molecule has 0 radical (unpaired) electrons. The number of benzene rings is 1. The minimum absolute atomic E-state index is 0. The van der Waals surface area contributed by atoms with E-state index in [9.17, 15) is 0 Å². The van der Waals surface area contributed by atoms with Crippen LogP contribution in [0.15, 0.2) is 24.3 Å². The summed E-state index contributed by atoms with van der Waals surface area (Å²) in [5, 5.41) is 9.05. The lowest BCUT2D eigenvalue weighted by molar-refractivity contribution is 0.0342. The highest BCUT2D eigenvalue weighted by Gasteiger charge is 2.11. The number of hydrogen-bond acceptors (Lipinski definition) is 4. The third-order valence-electron chi connectivity index (χ3n) is 3.09. The molecule has 1 aromatic rings. The van der Waals surface area contributed by atoms with Crippen LogP contribution in [-0.2, 0) is 11.3 Å². The summed E-state index contributed by atoms with van der Waals surface area (Å²) in [6.45, 7) is 4.51. The van der Waals surface area contributed by atoms with Crippen LogP contribution in [0.3, 0.4) is 0 Å². The summed E-state index contributed by atoms with van der Waals surface area (Å²) in [5.41, 5.74) is 8.05. The molecule has 0 aliphatic carbocycles. The summed E-state index contributed by atoms with van der Waals surface area (Å²) < 4.78 is 5.32. The Morgan fingerprint density at radius 2 is 2.06 bits per heavy atom. The Balaban J connectivity index is 0.00000162. The molecule has 0 saturated carbocycles. The Morgan fingerprint density at radius 1 is 1.33 bits per heavy atom. The predicted molar refractivity (Wildman–Crippen MR) is 73.8 cm³/mol. The standard InChI is InChI=1S/C13H20N2O2.ClH/c14-13(10-16)12-3-1-2-11(8-12)9-15-4-6-17-7-5-15;/h1-3,8,13,16H,4-7,9-10,14H2;1H. The lowest BCUT2D eigenvalue weighted by atomic mass is 10.0. The first-order valence-electron chi connectivity index (χ1n) is 6.05. The molecule has 3 N–H and O–H groups in total. The number of ether oxygens (including phenoxy) is 1. The molecule has 1 fully saturated rings. The van der Waals surface area contributed by atoms with Gasteiger partial charge in [-0.05, 0) is 11.1 Å². The maximum absolute atomic E-state index is 9.05. The number of hydrogen-bond donors (Lipinski definition) is 2. The van der Waals surface area contributed by atoms with E-state index in [4.69, 9.17) is 15.6 Å². The van der Waals surface area contributed by atoms with Gasteiger partial charge >= 0.3 is 0 Å². The van der Waals surface area contributed by atoms with Gasteiger partial charge in [-0.25, -0.2) is 0 Å². The van der Waals surface area contributed by atoms with Gasteiger partial charge in [0.25, 0.3) is 0 Å². The van der Waals surface area contributed by atoms with Crippen molar-refractivity contribution in [3.8, 4) is 0 Å². The third kappa shape index (κ3) is 4.23. The van der Waals surface area contributed by atoms with Crippen LogP contribution in [-0.4, -0.2) is 42.9 Å². The summed E-state index contributed by atoms with van der Waals surface area (Å²) in [6, 6.07) is 7.86. The molecule has 0 amide bonds. The van der Waals surface area contributed by atoms with Gasteiger partial charge in [-0.15, -0.1) is 12.4 Å². The number of halogens is 1.